The summed E-state index contributed by atoms with van der Waals surface area (Å²) in [5.41, 5.74) is 0.682. The van der Waals surface area contributed by atoms with E-state index in [9.17, 15) is 0 Å². The molecule has 3 rings (SSSR count). The Bertz CT molecular complexity index is 256. The molecule has 1 unspecified atom stereocenters. The molecule has 2 heteroatoms. The Morgan fingerprint density at radius 3 is 2.22 bits per heavy atom. The molecule has 1 saturated carbocycles. The van der Waals surface area contributed by atoms with Crippen LogP contribution < -0.4 is 5.32 Å². The summed E-state index contributed by atoms with van der Waals surface area (Å²) in [6.45, 7) is 5.27. The largest absolute Gasteiger partial charge is 0.316 e. The van der Waals surface area contributed by atoms with Crippen molar-refractivity contribution in [2.45, 2.75) is 51.4 Å². The zero-order valence-electron chi connectivity index (χ0n) is 12.1. The van der Waals surface area contributed by atoms with E-state index < -0.39 is 0 Å². The van der Waals surface area contributed by atoms with Crippen molar-refractivity contribution < 1.29 is 0 Å². The standard InChI is InChI=1S/C16H30N2/c1-18-11-7-15(8-12-18)16(9-10-17-13-16)14-5-3-2-4-6-14/h14-15,17H,2-13H2,1H3. The molecule has 2 nitrogen and oxygen atoms in total. The van der Waals surface area contributed by atoms with E-state index in [1.54, 1.807) is 0 Å². The number of rotatable bonds is 2. The molecule has 1 N–H and O–H groups in total. The van der Waals surface area contributed by atoms with Gasteiger partial charge in [0.15, 0.2) is 0 Å². The molecule has 2 heterocycles. The lowest BCUT2D eigenvalue weighted by Crippen LogP contribution is -2.45. The van der Waals surface area contributed by atoms with Gasteiger partial charge in [-0.05, 0) is 76.0 Å². The van der Waals surface area contributed by atoms with E-state index in [2.05, 4.69) is 17.3 Å². The first-order valence-corrected chi connectivity index (χ1v) is 8.20. The minimum atomic E-state index is 0.682. The topological polar surface area (TPSA) is 15.3 Å². The Hall–Kier alpha value is -0.0800. The van der Waals surface area contributed by atoms with E-state index in [0.717, 1.165) is 11.8 Å². The number of piperidine rings is 1. The van der Waals surface area contributed by atoms with E-state index in [1.807, 2.05) is 0 Å². The number of hydrogen-bond donors (Lipinski definition) is 1. The minimum absolute atomic E-state index is 0.682. The molecule has 0 spiro atoms. The van der Waals surface area contributed by atoms with E-state index >= 15 is 0 Å². The lowest BCUT2D eigenvalue weighted by atomic mass is 9.59. The second kappa shape index (κ2) is 5.50. The van der Waals surface area contributed by atoms with Crippen LogP contribution >= 0.6 is 0 Å². The predicted octanol–water partition coefficient (Wildman–Crippen LogP) is 2.89. The Labute approximate surface area is 113 Å². The average molecular weight is 250 g/mol. The van der Waals surface area contributed by atoms with E-state index in [-0.39, 0.29) is 0 Å². The van der Waals surface area contributed by atoms with Gasteiger partial charge in [0.1, 0.15) is 0 Å². The molecule has 2 aliphatic heterocycles. The summed E-state index contributed by atoms with van der Waals surface area (Å²) in [6, 6.07) is 0. The number of nitrogens with zero attached hydrogens (tertiary/aromatic N) is 1. The fraction of sp³-hybridized carbons (Fsp3) is 1.00. The summed E-state index contributed by atoms with van der Waals surface area (Å²) in [6.07, 6.45) is 11.9. The summed E-state index contributed by atoms with van der Waals surface area (Å²) >= 11 is 0. The zero-order valence-corrected chi connectivity index (χ0v) is 12.1. The van der Waals surface area contributed by atoms with Crippen molar-refractivity contribution >= 4 is 0 Å². The Morgan fingerprint density at radius 1 is 0.944 bits per heavy atom. The van der Waals surface area contributed by atoms with Crippen molar-refractivity contribution in [2.24, 2.45) is 17.3 Å². The van der Waals surface area contributed by atoms with Crippen molar-refractivity contribution in [3.8, 4) is 0 Å². The molecule has 0 bridgehead atoms. The molecule has 0 aromatic rings. The molecule has 1 atom stereocenters. The highest BCUT2D eigenvalue weighted by Gasteiger charge is 2.47. The molecule has 0 radical (unpaired) electrons. The van der Waals surface area contributed by atoms with Crippen molar-refractivity contribution in [2.75, 3.05) is 33.2 Å². The quantitative estimate of drug-likeness (QED) is 0.810. The summed E-state index contributed by atoms with van der Waals surface area (Å²) in [5, 5.41) is 3.71. The van der Waals surface area contributed by atoms with Gasteiger partial charge in [0.25, 0.3) is 0 Å². The monoisotopic (exact) mass is 250 g/mol. The van der Waals surface area contributed by atoms with Crippen LogP contribution in [0.4, 0.5) is 0 Å². The zero-order chi connectivity index (χ0) is 12.4. The van der Waals surface area contributed by atoms with Gasteiger partial charge < -0.3 is 10.2 Å². The molecule has 18 heavy (non-hydrogen) atoms. The second-order valence-corrected chi connectivity index (χ2v) is 7.07. The average Bonchev–Trinajstić information content (AvgIpc) is 2.91. The van der Waals surface area contributed by atoms with Crippen molar-refractivity contribution in [1.29, 1.82) is 0 Å². The second-order valence-electron chi connectivity index (χ2n) is 7.07. The van der Waals surface area contributed by atoms with Crippen LogP contribution in [0, 0.1) is 17.3 Å². The van der Waals surface area contributed by atoms with Crippen LogP contribution in [-0.2, 0) is 0 Å². The maximum atomic E-state index is 3.71. The van der Waals surface area contributed by atoms with Gasteiger partial charge in [0, 0.05) is 6.54 Å². The molecule has 0 aromatic carbocycles. The van der Waals surface area contributed by atoms with Crippen molar-refractivity contribution in [3.05, 3.63) is 0 Å². The van der Waals surface area contributed by atoms with Gasteiger partial charge in [-0.2, -0.15) is 0 Å². The van der Waals surface area contributed by atoms with Crippen LogP contribution in [0.15, 0.2) is 0 Å². The highest BCUT2D eigenvalue weighted by molar-refractivity contribution is 4.99. The van der Waals surface area contributed by atoms with Gasteiger partial charge in [-0.3, -0.25) is 0 Å². The van der Waals surface area contributed by atoms with E-state index in [4.69, 9.17) is 0 Å². The lowest BCUT2D eigenvalue weighted by Gasteiger charge is -2.48. The maximum absolute atomic E-state index is 3.71. The first-order chi connectivity index (χ1) is 8.81. The normalized spacial score (nSPS) is 37.2. The molecule has 104 valence electrons. The summed E-state index contributed by atoms with van der Waals surface area (Å²) in [4.78, 5) is 2.52. The minimum Gasteiger partial charge on any atom is -0.316 e. The molecule has 0 amide bonds. The Kier molecular flexibility index (Phi) is 3.95. The van der Waals surface area contributed by atoms with Crippen LogP contribution in [0.5, 0.6) is 0 Å². The van der Waals surface area contributed by atoms with Crippen LogP contribution in [-0.4, -0.2) is 38.1 Å². The predicted molar refractivity (Wildman–Crippen MR) is 76.7 cm³/mol. The molecular weight excluding hydrogens is 220 g/mol. The van der Waals surface area contributed by atoms with Crippen LogP contribution in [0.25, 0.3) is 0 Å². The number of hydrogen-bond acceptors (Lipinski definition) is 2. The third-order valence-corrected chi connectivity index (χ3v) is 6.17. The lowest BCUT2D eigenvalue weighted by molar-refractivity contribution is 0.0263. The van der Waals surface area contributed by atoms with Gasteiger partial charge in [0.2, 0.25) is 0 Å². The van der Waals surface area contributed by atoms with E-state index in [1.165, 1.54) is 77.5 Å². The number of likely N-dealkylation sites (tertiary alicyclic amines) is 1. The van der Waals surface area contributed by atoms with Gasteiger partial charge in [0.05, 0.1) is 0 Å². The third-order valence-electron chi connectivity index (χ3n) is 6.17. The summed E-state index contributed by atoms with van der Waals surface area (Å²) in [5.74, 6) is 2.04. The molecule has 3 fully saturated rings. The molecule has 1 aliphatic carbocycles. The SMILES string of the molecule is CN1CCC(C2(C3CCCCC3)CCNC2)CC1. The molecule has 0 aromatic heterocycles. The van der Waals surface area contributed by atoms with E-state index in [0.29, 0.717) is 5.41 Å². The Balaban J connectivity index is 1.73. The van der Waals surface area contributed by atoms with Crippen molar-refractivity contribution in [3.63, 3.8) is 0 Å². The highest BCUT2D eigenvalue weighted by Crippen LogP contribution is 2.50. The molecule has 2 saturated heterocycles. The van der Waals surface area contributed by atoms with Gasteiger partial charge in [-0.25, -0.2) is 0 Å². The molecule has 3 aliphatic rings. The highest BCUT2D eigenvalue weighted by atomic mass is 15.1. The fourth-order valence-electron chi connectivity index (χ4n) is 5.02. The summed E-state index contributed by atoms with van der Waals surface area (Å²) < 4.78 is 0. The maximum Gasteiger partial charge on any atom is 0.00136 e. The fourth-order valence-corrected chi connectivity index (χ4v) is 5.02. The molecular formula is C16H30N2. The van der Waals surface area contributed by atoms with Gasteiger partial charge in [-0.1, -0.05) is 19.3 Å². The third kappa shape index (κ3) is 2.34. The Morgan fingerprint density at radius 2 is 1.61 bits per heavy atom. The first kappa shape index (κ1) is 12.9. The van der Waals surface area contributed by atoms with Crippen LogP contribution in [0.3, 0.4) is 0 Å². The van der Waals surface area contributed by atoms with Gasteiger partial charge >= 0.3 is 0 Å². The first-order valence-electron chi connectivity index (χ1n) is 8.20. The number of nitrogens with one attached hydrogen (secondary N) is 1. The van der Waals surface area contributed by atoms with Crippen molar-refractivity contribution in [1.82, 2.24) is 10.2 Å². The van der Waals surface area contributed by atoms with Crippen LogP contribution in [0.1, 0.15) is 51.4 Å². The smallest absolute Gasteiger partial charge is 0.00136 e. The van der Waals surface area contributed by atoms with Crippen LogP contribution in [0.2, 0.25) is 0 Å². The van der Waals surface area contributed by atoms with Gasteiger partial charge in [-0.15, -0.1) is 0 Å². The summed E-state index contributed by atoms with van der Waals surface area (Å²) in [7, 11) is 2.29.